The van der Waals surface area contributed by atoms with Crippen molar-refractivity contribution in [3.63, 3.8) is 0 Å². The summed E-state index contributed by atoms with van der Waals surface area (Å²) in [4.78, 5) is 8.33. The van der Waals surface area contributed by atoms with Crippen molar-refractivity contribution in [2.45, 2.75) is 19.9 Å². The van der Waals surface area contributed by atoms with E-state index in [2.05, 4.69) is 31.1 Å². The van der Waals surface area contributed by atoms with E-state index < -0.39 is 0 Å². The van der Waals surface area contributed by atoms with Gasteiger partial charge in [0.15, 0.2) is 0 Å². The van der Waals surface area contributed by atoms with Crippen LogP contribution in [0.2, 0.25) is 0 Å². The average Bonchev–Trinajstić information content (AvgIpc) is 2.77. The number of pyridine rings is 1. The first-order chi connectivity index (χ1) is 8.08. The van der Waals surface area contributed by atoms with Crippen LogP contribution in [0.3, 0.4) is 0 Å². The van der Waals surface area contributed by atoms with Gasteiger partial charge in [-0.1, -0.05) is 19.0 Å². The second kappa shape index (κ2) is 4.93. The number of aromatic nitrogens is 3. The molecule has 2 aromatic heterocycles. The van der Waals surface area contributed by atoms with Crippen LogP contribution >= 0.6 is 15.9 Å². The highest BCUT2D eigenvalue weighted by molar-refractivity contribution is 9.10. The van der Waals surface area contributed by atoms with Crippen LogP contribution in [-0.2, 0) is 0 Å². The molecular weight excluding hydrogens is 284 g/mol. The van der Waals surface area contributed by atoms with E-state index in [1.54, 1.807) is 12.4 Å². The molecule has 17 heavy (non-hydrogen) atoms. The monoisotopic (exact) mass is 296 g/mol. The molecular formula is C11H13BrN4O. The molecule has 2 N–H and O–H groups in total. The minimum absolute atomic E-state index is 0.239. The quantitative estimate of drug-likeness (QED) is 0.942. The van der Waals surface area contributed by atoms with Crippen molar-refractivity contribution >= 4 is 15.9 Å². The van der Waals surface area contributed by atoms with E-state index in [-0.39, 0.29) is 12.0 Å². The molecule has 0 bridgehead atoms. The summed E-state index contributed by atoms with van der Waals surface area (Å²) in [6.07, 6.45) is 3.38. The highest BCUT2D eigenvalue weighted by Gasteiger charge is 2.18. The Bertz CT molecular complexity index is 512. The molecule has 2 aromatic rings. The van der Waals surface area contributed by atoms with Gasteiger partial charge in [-0.25, -0.2) is 0 Å². The van der Waals surface area contributed by atoms with Crippen molar-refractivity contribution in [3.8, 4) is 11.4 Å². The molecule has 0 aromatic carbocycles. The summed E-state index contributed by atoms with van der Waals surface area (Å²) >= 11 is 3.35. The molecule has 6 heteroatoms. The molecule has 0 fully saturated rings. The number of halogens is 1. The first-order valence-corrected chi connectivity index (χ1v) is 6.07. The third-order valence-electron chi connectivity index (χ3n) is 2.41. The summed E-state index contributed by atoms with van der Waals surface area (Å²) in [5, 5.41) is 3.90. The van der Waals surface area contributed by atoms with Crippen molar-refractivity contribution in [3.05, 3.63) is 28.8 Å². The molecule has 0 aliphatic rings. The first kappa shape index (κ1) is 12.2. The van der Waals surface area contributed by atoms with Gasteiger partial charge in [0.05, 0.1) is 6.04 Å². The van der Waals surface area contributed by atoms with Gasteiger partial charge in [0.25, 0.3) is 0 Å². The van der Waals surface area contributed by atoms with Crippen LogP contribution in [0, 0.1) is 5.92 Å². The maximum Gasteiger partial charge on any atom is 0.244 e. The van der Waals surface area contributed by atoms with Crippen LogP contribution < -0.4 is 5.73 Å². The Kier molecular flexibility index (Phi) is 3.54. The second-order valence-corrected chi connectivity index (χ2v) is 5.03. The van der Waals surface area contributed by atoms with E-state index >= 15 is 0 Å². The van der Waals surface area contributed by atoms with Gasteiger partial charge in [0.2, 0.25) is 11.7 Å². The lowest BCUT2D eigenvalue weighted by atomic mass is 10.1. The van der Waals surface area contributed by atoms with Crippen molar-refractivity contribution in [2.75, 3.05) is 0 Å². The molecule has 1 unspecified atom stereocenters. The molecule has 2 heterocycles. The fourth-order valence-corrected chi connectivity index (χ4v) is 1.67. The topological polar surface area (TPSA) is 77.8 Å². The fourth-order valence-electron chi connectivity index (χ4n) is 1.31. The minimum Gasteiger partial charge on any atom is -0.337 e. The zero-order chi connectivity index (χ0) is 12.4. The molecule has 90 valence electrons. The Labute approximate surface area is 108 Å². The van der Waals surface area contributed by atoms with Crippen molar-refractivity contribution in [2.24, 2.45) is 11.7 Å². The Morgan fingerprint density at radius 2 is 2.12 bits per heavy atom. The van der Waals surface area contributed by atoms with Gasteiger partial charge >= 0.3 is 0 Å². The Morgan fingerprint density at radius 1 is 1.35 bits per heavy atom. The zero-order valence-electron chi connectivity index (χ0n) is 9.59. The van der Waals surface area contributed by atoms with Gasteiger partial charge in [0.1, 0.15) is 0 Å². The average molecular weight is 297 g/mol. The molecule has 1 atom stereocenters. The Balaban J connectivity index is 2.30. The van der Waals surface area contributed by atoms with Crippen LogP contribution in [0.4, 0.5) is 0 Å². The number of rotatable bonds is 3. The molecule has 0 aliphatic carbocycles. The fraction of sp³-hybridized carbons (Fsp3) is 0.364. The summed E-state index contributed by atoms with van der Waals surface area (Å²) in [6.45, 7) is 4.02. The summed E-state index contributed by atoms with van der Waals surface area (Å²) in [7, 11) is 0. The highest BCUT2D eigenvalue weighted by Crippen LogP contribution is 2.22. The van der Waals surface area contributed by atoms with Crippen LogP contribution in [0.5, 0.6) is 0 Å². The van der Waals surface area contributed by atoms with E-state index in [0.717, 1.165) is 10.0 Å². The largest absolute Gasteiger partial charge is 0.337 e. The van der Waals surface area contributed by atoms with Crippen molar-refractivity contribution in [1.82, 2.24) is 15.1 Å². The summed E-state index contributed by atoms with van der Waals surface area (Å²) in [5.74, 6) is 1.21. The molecule has 0 radical (unpaired) electrons. The molecule has 2 rings (SSSR count). The van der Waals surface area contributed by atoms with E-state index in [0.29, 0.717) is 11.7 Å². The normalized spacial score (nSPS) is 13.0. The van der Waals surface area contributed by atoms with E-state index in [1.807, 2.05) is 19.9 Å². The number of hydrogen-bond acceptors (Lipinski definition) is 5. The lowest BCUT2D eigenvalue weighted by Gasteiger charge is -2.09. The SMILES string of the molecule is CC(C)C(N)c1nc(-c2cncc(Br)c2)no1. The summed E-state index contributed by atoms with van der Waals surface area (Å²) in [5.41, 5.74) is 6.73. The molecule has 0 saturated carbocycles. The standard InChI is InChI=1S/C11H13BrN4O/c1-6(2)9(13)11-15-10(16-17-11)7-3-8(12)5-14-4-7/h3-6,9H,13H2,1-2H3. The lowest BCUT2D eigenvalue weighted by molar-refractivity contribution is 0.325. The van der Waals surface area contributed by atoms with Gasteiger partial charge in [-0.05, 0) is 27.9 Å². The predicted molar refractivity (Wildman–Crippen MR) is 67.0 cm³/mol. The second-order valence-electron chi connectivity index (χ2n) is 4.12. The highest BCUT2D eigenvalue weighted by atomic mass is 79.9. The van der Waals surface area contributed by atoms with Crippen LogP contribution in [0.1, 0.15) is 25.8 Å². The zero-order valence-corrected chi connectivity index (χ0v) is 11.2. The predicted octanol–water partition coefficient (Wildman–Crippen LogP) is 2.55. The third kappa shape index (κ3) is 2.70. The lowest BCUT2D eigenvalue weighted by Crippen LogP contribution is -2.16. The first-order valence-electron chi connectivity index (χ1n) is 5.28. The van der Waals surface area contributed by atoms with E-state index in [9.17, 15) is 0 Å². The van der Waals surface area contributed by atoms with Gasteiger partial charge in [0, 0.05) is 22.4 Å². The molecule has 0 amide bonds. The third-order valence-corrected chi connectivity index (χ3v) is 2.84. The van der Waals surface area contributed by atoms with Crippen LogP contribution in [-0.4, -0.2) is 15.1 Å². The van der Waals surface area contributed by atoms with Crippen molar-refractivity contribution < 1.29 is 4.52 Å². The molecule has 0 saturated heterocycles. The Hall–Kier alpha value is -1.27. The van der Waals surface area contributed by atoms with Gasteiger partial charge in [-0.3, -0.25) is 4.98 Å². The summed E-state index contributed by atoms with van der Waals surface area (Å²) in [6, 6.07) is 1.64. The van der Waals surface area contributed by atoms with E-state index in [4.69, 9.17) is 10.3 Å². The van der Waals surface area contributed by atoms with E-state index in [1.165, 1.54) is 0 Å². The Morgan fingerprint density at radius 3 is 2.76 bits per heavy atom. The van der Waals surface area contributed by atoms with Crippen molar-refractivity contribution in [1.29, 1.82) is 0 Å². The van der Waals surface area contributed by atoms with Gasteiger partial charge in [-0.2, -0.15) is 4.98 Å². The summed E-state index contributed by atoms with van der Waals surface area (Å²) < 4.78 is 6.02. The maximum atomic E-state index is 5.94. The minimum atomic E-state index is -0.239. The molecule has 5 nitrogen and oxygen atoms in total. The number of nitrogens with zero attached hydrogens (tertiary/aromatic N) is 3. The van der Waals surface area contributed by atoms with Gasteiger partial charge < -0.3 is 10.3 Å². The number of nitrogens with two attached hydrogens (primary N) is 1. The molecule has 0 spiro atoms. The van der Waals surface area contributed by atoms with Crippen LogP contribution in [0.25, 0.3) is 11.4 Å². The van der Waals surface area contributed by atoms with Crippen LogP contribution in [0.15, 0.2) is 27.5 Å². The maximum absolute atomic E-state index is 5.94. The number of hydrogen-bond donors (Lipinski definition) is 1. The van der Waals surface area contributed by atoms with Gasteiger partial charge in [-0.15, -0.1) is 0 Å². The molecule has 0 aliphatic heterocycles. The smallest absolute Gasteiger partial charge is 0.244 e.